The molecule has 0 atom stereocenters. The van der Waals surface area contributed by atoms with Crippen LogP contribution in [-0.4, -0.2) is 4.92 Å². The van der Waals surface area contributed by atoms with E-state index in [1.165, 1.54) is 30.1 Å². The molecule has 18 heavy (non-hydrogen) atoms. The molecule has 6 heteroatoms. The molecule has 0 bridgehead atoms. The van der Waals surface area contributed by atoms with Crippen LogP contribution in [0.5, 0.6) is 0 Å². The zero-order valence-corrected chi connectivity index (χ0v) is 9.99. The Balaban J connectivity index is 2.02. The summed E-state index contributed by atoms with van der Waals surface area (Å²) in [6.07, 6.45) is 0. The van der Waals surface area contributed by atoms with Crippen molar-refractivity contribution in [3.8, 4) is 0 Å². The van der Waals surface area contributed by atoms with Gasteiger partial charge in [0.1, 0.15) is 5.82 Å². The molecule has 0 spiro atoms. The van der Waals surface area contributed by atoms with Gasteiger partial charge >= 0.3 is 0 Å². The number of anilines is 1. The first-order valence-corrected chi connectivity index (χ1v) is 5.90. The van der Waals surface area contributed by atoms with Crippen LogP contribution in [0.3, 0.4) is 0 Å². The van der Waals surface area contributed by atoms with Crippen molar-refractivity contribution in [2.45, 2.75) is 4.90 Å². The van der Waals surface area contributed by atoms with Crippen molar-refractivity contribution in [1.29, 1.82) is 0 Å². The lowest BCUT2D eigenvalue weighted by atomic mass is 10.3. The number of benzene rings is 2. The Labute approximate surface area is 107 Å². The third-order valence-corrected chi connectivity index (χ3v) is 3.03. The monoisotopic (exact) mass is 264 g/mol. The van der Waals surface area contributed by atoms with Gasteiger partial charge in [-0.2, -0.15) is 0 Å². The second-order valence-corrected chi connectivity index (χ2v) is 4.31. The molecule has 2 aromatic carbocycles. The Morgan fingerprint density at radius 1 is 1.11 bits per heavy atom. The van der Waals surface area contributed by atoms with Gasteiger partial charge < -0.3 is 4.72 Å². The van der Waals surface area contributed by atoms with Crippen LogP contribution in [0.25, 0.3) is 0 Å². The van der Waals surface area contributed by atoms with Crippen molar-refractivity contribution in [3.63, 3.8) is 0 Å². The fourth-order valence-corrected chi connectivity index (χ4v) is 1.96. The highest BCUT2D eigenvalue weighted by Gasteiger charge is 2.05. The molecule has 1 N–H and O–H groups in total. The average Bonchev–Trinajstić information content (AvgIpc) is 2.38. The molecular weight excluding hydrogens is 255 g/mol. The summed E-state index contributed by atoms with van der Waals surface area (Å²) >= 11 is 1.20. The maximum absolute atomic E-state index is 13.3. The van der Waals surface area contributed by atoms with Crippen molar-refractivity contribution in [2.75, 3.05) is 4.72 Å². The Bertz CT molecular complexity index is 560. The summed E-state index contributed by atoms with van der Waals surface area (Å²) < 4.78 is 16.1. The fourth-order valence-electron chi connectivity index (χ4n) is 1.29. The highest BCUT2D eigenvalue weighted by molar-refractivity contribution is 8.00. The van der Waals surface area contributed by atoms with Gasteiger partial charge in [0.15, 0.2) is 0 Å². The molecule has 0 saturated heterocycles. The number of para-hydroxylation sites is 1. The number of rotatable bonds is 4. The third kappa shape index (κ3) is 2.98. The van der Waals surface area contributed by atoms with Crippen molar-refractivity contribution in [1.82, 2.24) is 0 Å². The Hall–Kier alpha value is -2.08. The summed E-state index contributed by atoms with van der Waals surface area (Å²) in [6.45, 7) is 0. The van der Waals surface area contributed by atoms with Crippen molar-refractivity contribution < 1.29 is 9.31 Å². The Morgan fingerprint density at radius 2 is 1.78 bits per heavy atom. The second-order valence-electron chi connectivity index (χ2n) is 3.43. The van der Waals surface area contributed by atoms with Crippen LogP contribution in [0.1, 0.15) is 0 Å². The molecular formula is C12H9FN2O2S. The first kappa shape index (κ1) is 12.4. The molecule has 0 aromatic heterocycles. The fraction of sp³-hybridized carbons (Fsp3) is 0. The van der Waals surface area contributed by atoms with E-state index in [2.05, 4.69) is 4.72 Å². The normalized spacial score (nSPS) is 10.1. The summed E-state index contributed by atoms with van der Waals surface area (Å²) in [5.41, 5.74) is 0.408. The number of nitro groups is 1. The quantitative estimate of drug-likeness (QED) is 0.517. The molecule has 0 saturated carbocycles. The number of halogens is 1. The van der Waals surface area contributed by atoms with Gasteiger partial charge in [0.25, 0.3) is 5.69 Å². The minimum absolute atomic E-state index is 0.0326. The van der Waals surface area contributed by atoms with Crippen LogP contribution < -0.4 is 4.72 Å². The van der Waals surface area contributed by atoms with Crippen LogP contribution in [0.2, 0.25) is 0 Å². The number of nitrogens with zero attached hydrogens (tertiary/aromatic N) is 1. The third-order valence-electron chi connectivity index (χ3n) is 2.20. The van der Waals surface area contributed by atoms with Crippen LogP contribution in [0, 0.1) is 15.9 Å². The van der Waals surface area contributed by atoms with Gasteiger partial charge in [-0.3, -0.25) is 10.1 Å². The summed E-state index contributed by atoms with van der Waals surface area (Å²) in [7, 11) is 0. The standard InChI is InChI=1S/C12H9FN2O2S/c13-11-3-1-2-4-12(11)14-18-10-7-5-9(6-8-10)15(16)17/h1-8,14H. The molecule has 0 heterocycles. The summed E-state index contributed by atoms with van der Waals surface area (Å²) in [6, 6.07) is 12.3. The van der Waals surface area contributed by atoms with E-state index in [0.717, 1.165) is 4.90 Å². The minimum Gasteiger partial charge on any atom is -0.323 e. The van der Waals surface area contributed by atoms with Gasteiger partial charge in [0.2, 0.25) is 0 Å². The van der Waals surface area contributed by atoms with E-state index in [-0.39, 0.29) is 11.5 Å². The topological polar surface area (TPSA) is 55.2 Å². The molecule has 92 valence electrons. The molecule has 0 aliphatic rings. The van der Waals surface area contributed by atoms with Crippen molar-refractivity contribution in [3.05, 3.63) is 64.5 Å². The van der Waals surface area contributed by atoms with Gasteiger partial charge in [-0.05, 0) is 36.2 Å². The lowest BCUT2D eigenvalue weighted by molar-refractivity contribution is -0.384. The zero-order valence-electron chi connectivity index (χ0n) is 9.17. The Kier molecular flexibility index (Phi) is 3.78. The lowest BCUT2D eigenvalue weighted by Gasteiger charge is -2.05. The average molecular weight is 264 g/mol. The minimum atomic E-state index is -0.460. The molecule has 2 aromatic rings. The predicted octanol–water partition coefficient (Wildman–Crippen LogP) is 3.85. The zero-order chi connectivity index (χ0) is 13.0. The van der Waals surface area contributed by atoms with Crippen molar-refractivity contribution in [2.24, 2.45) is 0 Å². The number of hydrogen-bond acceptors (Lipinski definition) is 4. The maximum Gasteiger partial charge on any atom is 0.269 e. The predicted molar refractivity (Wildman–Crippen MR) is 69.0 cm³/mol. The molecule has 0 fully saturated rings. The van der Waals surface area contributed by atoms with Gasteiger partial charge in [0, 0.05) is 17.0 Å². The van der Waals surface area contributed by atoms with Crippen LogP contribution >= 0.6 is 11.9 Å². The number of nitrogens with one attached hydrogen (secondary N) is 1. The molecule has 4 nitrogen and oxygen atoms in total. The van der Waals surface area contributed by atoms with Crippen LogP contribution in [-0.2, 0) is 0 Å². The van der Waals surface area contributed by atoms with Crippen LogP contribution in [0.15, 0.2) is 53.4 Å². The van der Waals surface area contributed by atoms with Crippen LogP contribution in [0.4, 0.5) is 15.8 Å². The molecule has 0 amide bonds. The lowest BCUT2D eigenvalue weighted by Crippen LogP contribution is -1.91. The summed E-state index contributed by atoms with van der Waals surface area (Å²) in [4.78, 5) is 10.8. The molecule has 0 radical (unpaired) electrons. The van der Waals surface area contributed by atoms with E-state index < -0.39 is 4.92 Å². The van der Waals surface area contributed by atoms with E-state index in [1.54, 1.807) is 30.3 Å². The highest BCUT2D eigenvalue weighted by Crippen LogP contribution is 2.24. The first-order chi connectivity index (χ1) is 8.66. The Morgan fingerprint density at radius 3 is 2.39 bits per heavy atom. The number of nitro benzene ring substituents is 1. The maximum atomic E-state index is 13.3. The first-order valence-electron chi connectivity index (χ1n) is 5.08. The summed E-state index contributed by atoms with van der Waals surface area (Å²) in [5.74, 6) is -0.341. The SMILES string of the molecule is O=[N+]([O-])c1ccc(SNc2ccccc2F)cc1. The van der Waals surface area contributed by atoms with E-state index >= 15 is 0 Å². The van der Waals surface area contributed by atoms with Gasteiger partial charge in [-0.1, -0.05) is 12.1 Å². The van der Waals surface area contributed by atoms with Gasteiger partial charge in [-0.25, -0.2) is 4.39 Å². The van der Waals surface area contributed by atoms with E-state index in [0.29, 0.717) is 5.69 Å². The smallest absolute Gasteiger partial charge is 0.269 e. The van der Waals surface area contributed by atoms with Gasteiger partial charge in [-0.15, -0.1) is 0 Å². The highest BCUT2D eigenvalue weighted by atomic mass is 32.2. The molecule has 0 aliphatic heterocycles. The largest absolute Gasteiger partial charge is 0.323 e. The summed E-state index contributed by atoms with van der Waals surface area (Å²) in [5, 5.41) is 10.5. The van der Waals surface area contributed by atoms with E-state index in [1.807, 2.05) is 0 Å². The molecule has 0 unspecified atom stereocenters. The van der Waals surface area contributed by atoms with Crippen molar-refractivity contribution >= 4 is 23.3 Å². The number of hydrogen-bond donors (Lipinski definition) is 1. The number of non-ortho nitro benzene ring substituents is 1. The van der Waals surface area contributed by atoms with E-state index in [9.17, 15) is 14.5 Å². The second kappa shape index (κ2) is 5.50. The molecule has 0 aliphatic carbocycles. The van der Waals surface area contributed by atoms with Gasteiger partial charge in [0.05, 0.1) is 10.6 Å². The van der Waals surface area contributed by atoms with E-state index in [4.69, 9.17) is 0 Å². The molecule has 2 rings (SSSR count).